The van der Waals surface area contributed by atoms with Crippen LogP contribution in [0, 0.1) is 6.92 Å². The van der Waals surface area contributed by atoms with Gasteiger partial charge < -0.3 is 14.9 Å². The largest absolute Gasteiger partial charge is 0.495 e. The van der Waals surface area contributed by atoms with Gasteiger partial charge in [-0.15, -0.1) is 0 Å². The first-order chi connectivity index (χ1) is 9.33. The quantitative estimate of drug-likeness (QED) is 0.807. The number of anilines is 2. The average molecular weight is 362 g/mol. The van der Waals surface area contributed by atoms with Gasteiger partial charge in [-0.05, 0) is 35.0 Å². The van der Waals surface area contributed by atoms with Crippen molar-refractivity contribution in [1.29, 1.82) is 0 Å². The molecular weight excluding hydrogens is 350 g/mol. The zero-order valence-corrected chi connectivity index (χ0v) is 13.1. The van der Waals surface area contributed by atoms with Crippen LogP contribution in [0.4, 0.5) is 11.7 Å². The Morgan fingerprint density at radius 2 is 2.15 bits per heavy atom. The van der Waals surface area contributed by atoms with Crippen LogP contribution in [0.15, 0.2) is 32.2 Å². The number of aryl methyl sites for hydroxylation is 1. The second kappa shape index (κ2) is 5.33. The van der Waals surface area contributed by atoms with Crippen molar-refractivity contribution in [1.82, 2.24) is 4.98 Å². The van der Waals surface area contributed by atoms with Gasteiger partial charge in [0.25, 0.3) is 10.0 Å². The fraction of sp³-hybridized carbons (Fsp3) is 0.182. The molecule has 0 saturated heterocycles. The summed E-state index contributed by atoms with van der Waals surface area (Å²) in [7, 11) is -2.55. The first-order valence-electron chi connectivity index (χ1n) is 5.41. The first kappa shape index (κ1) is 14.7. The number of halogens is 1. The molecule has 0 radical (unpaired) electrons. The number of aromatic nitrogens is 1. The maximum Gasteiger partial charge on any atom is 0.309 e. The maximum atomic E-state index is 12.3. The van der Waals surface area contributed by atoms with Crippen molar-refractivity contribution in [3.8, 4) is 5.75 Å². The number of benzene rings is 1. The number of sulfonamides is 1. The summed E-state index contributed by atoms with van der Waals surface area (Å²) in [4.78, 5) is 3.78. The summed E-state index contributed by atoms with van der Waals surface area (Å²) in [6.07, 6.45) is 1.34. The molecule has 1 aromatic heterocycles. The van der Waals surface area contributed by atoms with Gasteiger partial charge in [-0.25, -0.2) is 13.1 Å². The van der Waals surface area contributed by atoms with Gasteiger partial charge in [0.2, 0.25) is 0 Å². The maximum absolute atomic E-state index is 12.3. The molecule has 0 unspecified atom stereocenters. The van der Waals surface area contributed by atoms with E-state index >= 15 is 0 Å². The second-order valence-corrected chi connectivity index (χ2v) is 6.43. The highest BCUT2D eigenvalue weighted by atomic mass is 79.9. The Balaban J connectivity index is 2.46. The predicted molar refractivity (Wildman–Crippen MR) is 77.2 cm³/mol. The van der Waals surface area contributed by atoms with Crippen LogP contribution in [-0.2, 0) is 10.0 Å². The summed E-state index contributed by atoms with van der Waals surface area (Å²) in [5, 5.41) is 0. The van der Waals surface area contributed by atoms with E-state index in [1.165, 1.54) is 25.5 Å². The van der Waals surface area contributed by atoms with E-state index in [1.807, 2.05) is 0 Å². The van der Waals surface area contributed by atoms with Crippen molar-refractivity contribution in [3.63, 3.8) is 0 Å². The molecule has 0 aliphatic heterocycles. The van der Waals surface area contributed by atoms with Crippen LogP contribution in [-0.4, -0.2) is 20.5 Å². The molecule has 7 nitrogen and oxygen atoms in total. The van der Waals surface area contributed by atoms with E-state index in [2.05, 4.69) is 25.6 Å². The van der Waals surface area contributed by atoms with Gasteiger partial charge >= 0.3 is 6.01 Å². The number of nitrogens with two attached hydrogens (primary N) is 1. The minimum absolute atomic E-state index is 0.100. The fourth-order valence-corrected chi connectivity index (χ4v) is 2.94. The summed E-state index contributed by atoms with van der Waals surface area (Å²) in [5.41, 5.74) is 6.54. The lowest BCUT2D eigenvalue weighted by molar-refractivity contribution is 0.402. The third kappa shape index (κ3) is 2.88. The molecule has 2 aromatic rings. The van der Waals surface area contributed by atoms with Crippen LogP contribution in [0.3, 0.4) is 0 Å². The summed E-state index contributed by atoms with van der Waals surface area (Å²) in [6.45, 7) is 1.68. The zero-order chi connectivity index (χ0) is 14.9. The third-order valence-corrected chi connectivity index (χ3v) is 4.44. The van der Waals surface area contributed by atoms with Crippen molar-refractivity contribution in [2.45, 2.75) is 11.8 Å². The van der Waals surface area contributed by atoms with Crippen LogP contribution in [0.1, 0.15) is 5.69 Å². The molecule has 1 heterocycles. The molecule has 3 N–H and O–H groups in total. The lowest BCUT2D eigenvalue weighted by atomic mass is 10.3. The molecule has 0 amide bonds. The number of hydrogen-bond acceptors (Lipinski definition) is 6. The molecule has 2 rings (SSSR count). The van der Waals surface area contributed by atoms with Crippen LogP contribution >= 0.6 is 15.9 Å². The van der Waals surface area contributed by atoms with Gasteiger partial charge in [-0.3, -0.25) is 0 Å². The normalized spacial score (nSPS) is 11.3. The SMILES string of the molecule is COc1cc(Br)c(N)cc1S(=O)(=O)Nc1nc(C)co1. The highest BCUT2D eigenvalue weighted by Crippen LogP contribution is 2.33. The molecule has 0 atom stereocenters. The Labute approximate surface area is 124 Å². The van der Waals surface area contributed by atoms with E-state index in [0.29, 0.717) is 10.2 Å². The van der Waals surface area contributed by atoms with Gasteiger partial charge in [0.05, 0.1) is 12.8 Å². The van der Waals surface area contributed by atoms with E-state index in [0.717, 1.165) is 0 Å². The van der Waals surface area contributed by atoms with E-state index in [9.17, 15) is 8.42 Å². The molecule has 0 saturated carbocycles. The number of nitrogen functional groups attached to an aromatic ring is 1. The van der Waals surface area contributed by atoms with Crippen LogP contribution in [0.5, 0.6) is 5.75 Å². The number of nitrogens with one attached hydrogen (secondary N) is 1. The van der Waals surface area contributed by atoms with Crippen LogP contribution in [0.2, 0.25) is 0 Å². The topological polar surface area (TPSA) is 107 Å². The molecule has 0 aliphatic carbocycles. The van der Waals surface area contributed by atoms with E-state index in [1.54, 1.807) is 6.92 Å². The smallest absolute Gasteiger partial charge is 0.309 e. The van der Waals surface area contributed by atoms with Gasteiger partial charge in [0.15, 0.2) is 0 Å². The van der Waals surface area contributed by atoms with E-state index in [4.69, 9.17) is 14.9 Å². The van der Waals surface area contributed by atoms with Gasteiger partial charge in [-0.1, -0.05) is 0 Å². The Hall–Kier alpha value is -1.74. The number of hydrogen-bond donors (Lipinski definition) is 2. The highest BCUT2D eigenvalue weighted by molar-refractivity contribution is 9.10. The van der Waals surface area contributed by atoms with Crippen molar-refractivity contribution in [2.75, 3.05) is 17.6 Å². The minimum Gasteiger partial charge on any atom is -0.495 e. The lowest BCUT2D eigenvalue weighted by Gasteiger charge is -2.11. The van der Waals surface area contributed by atoms with Gasteiger partial charge in [0, 0.05) is 10.2 Å². The third-order valence-electron chi connectivity index (χ3n) is 2.41. The van der Waals surface area contributed by atoms with Crippen molar-refractivity contribution in [3.05, 3.63) is 28.6 Å². The number of ether oxygens (including phenoxy) is 1. The van der Waals surface area contributed by atoms with E-state index in [-0.39, 0.29) is 22.3 Å². The molecule has 20 heavy (non-hydrogen) atoms. The lowest BCUT2D eigenvalue weighted by Crippen LogP contribution is -2.15. The molecular formula is C11H12BrN3O4S. The Kier molecular flexibility index (Phi) is 3.91. The Bertz CT molecular complexity index is 742. The zero-order valence-electron chi connectivity index (χ0n) is 10.7. The second-order valence-electron chi connectivity index (χ2n) is 3.92. The standard InChI is InChI=1S/C11H12BrN3O4S/c1-6-5-19-11(14-6)15-20(16,17)10-4-8(13)7(12)3-9(10)18-2/h3-5H,13H2,1-2H3,(H,14,15). The minimum atomic E-state index is -3.91. The molecule has 9 heteroatoms. The summed E-state index contributed by atoms with van der Waals surface area (Å²) >= 11 is 3.21. The summed E-state index contributed by atoms with van der Waals surface area (Å²) < 4.78 is 37.4. The Morgan fingerprint density at radius 1 is 1.45 bits per heavy atom. The molecule has 0 aliphatic rings. The summed E-state index contributed by atoms with van der Waals surface area (Å²) in [5.74, 6) is 0.154. The van der Waals surface area contributed by atoms with Crippen molar-refractivity contribution in [2.24, 2.45) is 0 Å². The fourth-order valence-electron chi connectivity index (χ4n) is 1.49. The molecule has 0 fully saturated rings. The predicted octanol–water partition coefficient (Wildman–Crippen LogP) is 2.14. The van der Waals surface area contributed by atoms with Crippen LogP contribution in [0.25, 0.3) is 0 Å². The van der Waals surface area contributed by atoms with Crippen molar-refractivity contribution < 1.29 is 17.6 Å². The molecule has 1 aromatic carbocycles. The Morgan fingerprint density at radius 3 is 2.70 bits per heavy atom. The molecule has 108 valence electrons. The first-order valence-corrected chi connectivity index (χ1v) is 7.69. The highest BCUT2D eigenvalue weighted by Gasteiger charge is 2.23. The number of oxazole rings is 1. The van der Waals surface area contributed by atoms with Gasteiger partial charge in [0.1, 0.15) is 16.9 Å². The molecule has 0 bridgehead atoms. The number of nitrogens with zero attached hydrogens (tertiary/aromatic N) is 1. The van der Waals surface area contributed by atoms with Gasteiger partial charge in [-0.2, -0.15) is 4.98 Å². The number of methoxy groups -OCH3 is 1. The van der Waals surface area contributed by atoms with E-state index < -0.39 is 10.0 Å². The monoisotopic (exact) mass is 361 g/mol. The van der Waals surface area contributed by atoms with Crippen LogP contribution < -0.4 is 15.2 Å². The average Bonchev–Trinajstić information content (AvgIpc) is 2.76. The summed E-state index contributed by atoms with van der Waals surface area (Å²) in [6, 6.07) is 2.65. The number of rotatable bonds is 4. The molecule has 0 spiro atoms. The van der Waals surface area contributed by atoms with Crippen molar-refractivity contribution >= 4 is 37.7 Å².